The first-order valence-corrected chi connectivity index (χ1v) is 15.3. The lowest BCUT2D eigenvalue weighted by molar-refractivity contribution is -0.156. The maximum Gasteiger partial charge on any atom is 0.459 e. The van der Waals surface area contributed by atoms with Crippen molar-refractivity contribution in [2.24, 2.45) is 0 Å². The van der Waals surface area contributed by atoms with E-state index in [1.165, 1.54) is 36.0 Å². The normalized spacial score (nSPS) is 27.3. The molecule has 0 radical (unpaired) electrons. The third-order valence-electron chi connectivity index (χ3n) is 7.51. The van der Waals surface area contributed by atoms with Crippen LogP contribution in [0.4, 0.5) is 14.6 Å². The highest BCUT2D eigenvalue weighted by molar-refractivity contribution is 7.52. The largest absolute Gasteiger partial charge is 0.461 e. The maximum atomic E-state index is 14.0. The standard InChI is InChI=1S/C27H31F2N6O8P/c1-16(25(38)41-17-9-11-27(28,29)12-10-17)34-44(39,43-18-5-3-2-4-6-18)40-14-26(13-30)23(37)21(36)22(42-26)19-7-8-20-24(31)32-15-33-35(19)20/h2-8,15-17,21-23,36-37H,9-12,14H2,1H3,(H,34,39)(H2,31,32,33)/t16-,21-,22-,23-,26+,44?/m0/s1. The summed E-state index contributed by atoms with van der Waals surface area (Å²) in [4.78, 5) is 16.7. The molecule has 1 saturated carbocycles. The Morgan fingerprint density at radius 3 is 2.66 bits per heavy atom. The monoisotopic (exact) mass is 636 g/mol. The first-order chi connectivity index (χ1) is 20.9. The van der Waals surface area contributed by atoms with Crippen LogP contribution < -0.4 is 15.3 Å². The van der Waals surface area contributed by atoms with Gasteiger partial charge in [0.2, 0.25) is 11.5 Å². The average Bonchev–Trinajstić information content (AvgIpc) is 3.53. The van der Waals surface area contributed by atoms with Crippen LogP contribution in [0.1, 0.15) is 44.4 Å². The molecular weight excluding hydrogens is 605 g/mol. The van der Waals surface area contributed by atoms with E-state index >= 15 is 0 Å². The zero-order valence-electron chi connectivity index (χ0n) is 23.5. The highest BCUT2D eigenvalue weighted by Crippen LogP contribution is 2.48. The summed E-state index contributed by atoms with van der Waals surface area (Å²) in [6.45, 7) is 0.436. The lowest BCUT2D eigenvalue weighted by atomic mass is 9.94. The van der Waals surface area contributed by atoms with Crippen molar-refractivity contribution in [3.8, 4) is 11.8 Å². The molecule has 236 valence electrons. The van der Waals surface area contributed by atoms with Gasteiger partial charge in [0.05, 0.1) is 5.69 Å². The predicted molar refractivity (Wildman–Crippen MR) is 148 cm³/mol. The third kappa shape index (κ3) is 6.53. The predicted octanol–water partition coefficient (Wildman–Crippen LogP) is 2.67. The van der Waals surface area contributed by atoms with E-state index in [1.54, 1.807) is 30.3 Å². The molecule has 2 aliphatic rings. The van der Waals surface area contributed by atoms with Gasteiger partial charge in [0.1, 0.15) is 60.7 Å². The summed E-state index contributed by atoms with van der Waals surface area (Å²) in [5, 5.41) is 38.5. The number of alkyl halides is 2. The van der Waals surface area contributed by atoms with Gasteiger partial charge in [0.25, 0.3) is 0 Å². The molecule has 0 bridgehead atoms. The van der Waals surface area contributed by atoms with Crippen LogP contribution in [0, 0.1) is 11.3 Å². The van der Waals surface area contributed by atoms with E-state index in [1.807, 2.05) is 0 Å². The number of ether oxygens (including phenoxy) is 2. The van der Waals surface area contributed by atoms with Gasteiger partial charge in [0, 0.05) is 12.8 Å². The van der Waals surface area contributed by atoms with Gasteiger partial charge < -0.3 is 29.9 Å². The second-order valence-electron chi connectivity index (χ2n) is 10.7. The first kappa shape index (κ1) is 31.7. The molecule has 14 nitrogen and oxygen atoms in total. The van der Waals surface area contributed by atoms with Crippen molar-refractivity contribution < 1.29 is 46.9 Å². The molecule has 17 heteroatoms. The molecule has 5 rings (SSSR count). The number of nitrogens with zero attached hydrogens (tertiary/aromatic N) is 4. The number of halogens is 2. The number of para-hydroxylation sites is 1. The van der Waals surface area contributed by atoms with Crippen LogP contribution in [0.5, 0.6) is 5.75 Å². The van der Waals surface area contributed by atoms with Crippen molar-refractivity contribution in [1.29, 1.82) is 5.26 Å². The fraction of sp³-hybridized carbons (Fsp3) is 0.481. The van der Waals surface area contributed by atoms with Gasteiger partial charge in [-0.25, -0.2) is 22.8 Å². The van der Waals surface area contributed by atoms with Crippen molar-refractivity contribution in [1.82, 2.24) is 19.7 Å². The van der Waals surface area contributed by atoms with E-state index in [2.05, 4.69) is 15.2 Å². The number of aliphatic hydroxyl groups excluding tert-OH is 2. The van der Waals surface area contributed by atoms with Crippen molar-refractivity contribution >= 4 is 25.1 Å². The number of aliphatic hydroxyl groups is 2. The number of carbonyl (C=O) groups excluding carboxylic acids is 1. The summed E-state index contributed by atoms with van der Waals surface area (Å²) in [5.41, 5.74) is 4.27. The van der Waals surface area contributed by atoms with Crippen molar-refractivity contribution in [3.05, 3.63) is 54.5 Å². The van der Waals surface area contributed by atoms with Crippen LogP contribution in [-0.4, -0.2) is 73.3 Å². The molecule has 0 spiro atoms. The minimum absolute atomic E-state index is 0.0286. The summed E-state index contributed by atoms with van der Waals surface area (Å²) in [6, 6.07) is 11.4. The number of nitrogens with one attached hydrogen (secondary N) is 1. The van der Waals surface area contributed by atoms with Gasteiger partial charge in [-0.3, -0.25) is 9.32 Å². The maximum absolute atomic E-state index is 14.0. The Hall–Kier alpha value is -3.71. The average molecular weight is 637 g/mol. The van der Waals surface area contributed by atoms with Gasteiger partial charge in [0.15, 0.2) is 5.82 Å². The molecule has 5 N–H and O–H groups in total. The molecule has 1 saturated heterocycles. The number of esters is 1. The lowest BCUT2D eigenvalue weighted by Crippen LogP contribution is -2.46. The number of nitriles is 1. The quantitative estimate of drug-likeness (QED) is 0.187. The molecule has 1 aliphatic carbocycles. The van der Waals surface area contributed by atoms with E-state index in [-0.39, 0.29) is 30.1 Å². The van der Waals surface area contributed by atoms with Crippen LogP contribution in [0.15, 0.2) is 48.8 Å². The van der Waals surface area contributed by atoms with E-state index in [4.69, 9.17) is 24.3 Å². The molecule has 3 heterocycles. The summed E-state index contributed by atoms with van der Waals surface area (Å²) >= 11 is 0. The number of hydrogen-bond acceptors (Lipinski definition) is 12. The molecule has 44 heavy (non-hydrogen) atoms. The number of aromatic nitrogens is 3. The second-order valence-corrected chi connectivity index (χ2v) is 12.4. The van der Waals surface area contributed by atoms with Gasteiger partial charge in [-0.15, -0.1) is 0 Å². The Morgan fingerprint density at radius 1 is 1.27 bits per heavy atom. The number of anilines is 1. The smallest absolute Gasteiger partial charge is 0.459 e. The number of nitrogen functional groups attached to an aromatic ring is 1. The molecule has 3 aromatic rings. The van der Waals surface area contributed by atoms with Crippen LogP contribution in [-0.2, 0) is 23.4 Å². The van der Waals surface area contributed by atoms with Gasteiger partial charge in [-0.05, 0) is 44.0 Å². The van der Waals surface area contributed by atoms with E-state index < -0.39 is 75.1 Å². The highest BCUT2D eigenvalue weighted by Gasteiger charge is 2.57. The fourth-order valence-electron chi connectivity index (χ4n) is 5.05. The minimum Gasteiger partial charge on any atom is -0.461 e. The number of benzene rings is 1. The Kier molecular flexibility index (Phi) is 8.90. The Morgan fingerprint density at radius 2 is 1.98 bits per heavy atom. The van der Waals surface area contributed by atoms with Crippen molar-refractivity contribution in [3.63, 3.8) is 0 Å². The number of carbonyl (C=O) groups is 1. The van der Waals surface area contributed by atoms with E-state index in [0.29, 0.717) is 5.52 Å². The van der Waals surface area contributed by atoms with Crippen molar-refractivity contribution in [2.75, 3.05) is 12.3 Å². The van der Waals surface area contributed by atoms with Gasteiger partial charge in [-0.2, -0.15) is 15.4 Å². The van der Waals surface area contributed by atoms with Crippen LogP contribution in [0.2, 0.25) is 0 Å². The van der Waals surface area contributed by atoms with E-state index in [9.17, 15) is 33.6 Å². The molecule has 1 unspecified atom stereocenters. The summed E-state index contributed by atoms with van der Waals surface area (Å²) in [6.07, 6.45) is -5.24. The molecule has 2 aromatic heterocycles. The minimum atomic E-state index is -4.54. The number of hydrogen-bond donors (Lipinski definition) is 4. The second kappa shape index (κ2) is 12.4. The van der Waals surface area contributed by atoms with Gasteiger partial charge in [-0.1, -0.05) is 18.2 Å². The molecule has 1 aromatic carbocycles. The summed E-state index contributed by atoms with van der Waals surface area (Å²) in [5.74, 6) is -3.48. The lowest BCUT2D eigenvalue weighted by Gasteiger charge is -2.30. The summed E-state index contributed by atoms with van der Waals surface area (Å²) in [7, 11) is -4.54. The third-order valence-corrected chi connectivity index (χ3v) is 9.13. The van der Waals surface area contributed by atoms with Crippen LogP contribution in [0.3, 0.4) is 0 Å². The number of fused-ring (bicyclic) bond motifs is 1. The topological polar surface area (TPSA) is 204 Å². The van der Waals surface area contributed by atoms with Crippen LogP contribution >= 0.6 is 7.75 Å². The number of rotatable bonds is 10. The fourth-order valence-corrected chi connectivity index (χ4v) is 6.57. The van der Waals surface area contributed by atoms with E-state index in [0.717, 1.165) is 0 Å². The Bertz CT molecular complexity index is 1580. The number of nitrogens with two attached hydrogens (primary N) is 1. The molecule has 6 atom stereocenters. The molecule has 0 amide bonds. The zero-order chi connectivity index (χ0) is 31.7. The molecular formula is C27H31F2N6O8P. The molecule has 1 aliphatic heterocycles. The zero-order valence-corrected chi connectivity index (χ0v) is 24.3. The Labute approximate surface area is 250 Å². The summed E-state index contributed by atoms with van der Waals surface area (Å²) < 4.78 is 64.8. The van der Waals surface area contributed by atoms with Gasteiger partial charge >= 0.3 is 13.7 Å². The van der Waals surface area contributed by atoms with Crippen LogP contribution in [0.25, 0.3) is 5.52 Å². The van der Waals surface area contributed by atoms with Crippen molar-refractivity contribution in [2.45, 2.75) is 74.6 Å². The first-order valence-electron chi connectivity index (χ1n) is 13.7. The highest BCUT2D eigenvalue weighted by atomic mass is 31.2. The Balaban J connectivity index is 1.33. The molecule has 2 fully saturated rings. The SMILES string of the molecule is C[C@H](NP(=O)(OC[C@@]1(C#N)O[C@@H](c2ccc3c(N)ncnn23)[C@H](O)[C@@H]1O)Oc1ccccc1)C(=O)OC1CCC(F)(F)CC1.